The van der Waals surface area contributed by atoms with Crippen LogP contribution in [-0.2, 0) is 10.0 Å². The molecule has 0 fully saturated rings. The van der Waals surface area contributed by atoms with Gasteiger partial charge in [0, 0.05) is 17.7 Å². The minimum atomic E-state index is -3.39. The van der Waals surface area contributed by atoms with Crippen LogP contribution in [-0.4, -0.2) is 31.3 Å². The van der Waals surface area contributed by atoms with Crippen molar-refractivity contribution in [2.24, 2.45) is 5.10 Å². The summed E-state index contributed by atoms with van der Waals surface area (Å²) in [6.45, 7) is 0. The Morgan fingerprint density at radius 1 is 1.13 bits per heavy atom. The van der Waals surface area contributed by atoms with Crippen LogP contribution in [0.3, 0.4) is 0 Å². The van der Waals surface area contributed by atoms with Crippen molar-refractivity contribution in [2.75, 3.05) is 11.0 Å². The molecule has 1 amide bonds. The summed E-state index contributed by atoms with van der Waals surface area (Å²) in [4.78, 5) is 12.9. The van der Waals surface area contributed by atoms with Crippen LogP contribution in [0.25, 0.3) is 0 Å². The fraction of sp³-hybridized carbons (Fsp3) is 0.143. The Hall–Kier alpha value is -3.46. The average Bonchev–Trinajstić information content (AvgIpc) is 3.38. The summed E-state index contributed by atoms with van der Waals surface area (Å²) in [5, 5.41) is 5.68. The number of hydrogen-bond donors (Lipinski definition) is 1. The number of furan rings is 1. The van der Waals surface area contributed by atoms with Gasteiger partial charge in [0.2, 0.25) is 10.0 Å². The van der Waals surface area contributed by atoms with Crippen molar-refractivity contribution in [3.8, 4) is 0 Å². The highest BCUT2D eigenvalue weighted by atomic mass is 32.2. The maximum absolute atomic E-state index is 14.5. The molecule has 1 aromatic heterocycles. The molecule has 2 aromatic carbocycles. The van der Waals surface area contributed by atoms with Crippen LogP contribution >= 0.6 is 0 Å². The highest BCUT2D eigenvalue weighted by Crippen LogP contribution is 2.35. The van der Waals surface area contributed by atoms with Gasteiger partial charge in [-0.25, -0.2) is 17.8 Å². The fourth-order valence-electron chi connectivity index (χ4n) is 3.32. The molecule has 7 nitrogen and oxygen atoms in total. The number of nitrogens with zero attached hydrogens (tertiary/aromatic N) is 2. The van der Waals surface area contributed by atoms with Gasteiger partial charge in [-0.3, -0.25) is 9.52 Å². The number of rotatable bonds is 5. The lowest BCUT2D eigenvalue weighted by atomic mass is 9.98. The molecule has 1 aliphatic rings. The molecule has 0 radical (unpaired) electrons. The molecule has 154 valence electrons. The van der Waals surface area contributed by atoms with Gasteiger partial charge in [-0.05, 0) is 35.9 Å². The Morgan fingerprint density at radius 2 is 1.87 bits per heavy atom. The topological polar surface area (TPSA) is 92.0 Å². The summed E-state index contributed by atoms with van der Waals surface area (Å²) < 4.78 is 44.8. The second-order valence-corrected chi connectivity index (χ2v) is 8.62. The largest absolute Gasteiger partial charge is 0.459 e. The fourth-order valence-corrected chi connectivity index (χ4v) is 3.88. The molecule has 1 atom stereocenters. The van der Waals surface area contributed by atoms with E-state index in [2.05, 4.69) is 9.82 Å². The lowest BCUT2D eigenvalue weighted by Gasteiger charge is -2.21. The van der Waals surface area contributed by atoms with E-state index in [1.165, 1.54) is 23.4 Å². The molecule has 1 N–H and O–H groups in total. The van der Waals surface area contributed by atoms with Crippen LogP contribution in [0.2, 0.25) is 0 Å². The predicted molar refractivity (Wildman–Crippen MR) is 110 cm³/mol. The molecule has 30 heavy (non-hydrogen) atoms. The number of carbonyl (C=O) groups excluding carboxylic acids is 1. The smallest absolute Gasteiger partial charge is 0.310 e. The van der Waals surface area contributed by atoms with Crippen LogP contribution in [0.5, 0.6) is 0 Å². The molecule has 4 rings (SSSR count). The number of sulfonamides is 1. The van der Waals surface area contributed by atoms with Crippen molar-refractivity contribution < 1.29 is 22.0 Å². The third kappa shape index (κ3) is 4.11. The summed E-state index contributed by atoms with van der Waals surface area (Å²) >= 11 is 0. The molecule has 3 aromatic rings. The van der Waals surface area contributed by atoms with Crippen molar-refractivity contribution in [2.45, 2.75) is 12.5 Å². The van der Waals surface area contributed by atoms with Crippen LogP contribution in [0.15, 0.2) is 76.4 Å². The number of hydrazone groups is 1. The zero-order valence-electron chi connectivity index (χ0n) is 15.9. The summed E-state index contributed by atoms with van der Waals surface area (Å²) in [5.74, 6) is -0.795. The maximum atomic E-state index is 14.5. The van der Waals surface area contributed by atoms with E-state index in [1.54, 1.807) is 48.5 Å². The molecule has 1 unspecified atom stereocenters. The maximum Gasteiger partial charge on any atom is 0.310 e. The zero-order chi connectivity index (χ0) is 21.3. The van der Waals surface area contributed by atoms with Gasteiger partial charge >= 0.3 is 5.91 Å². The van der Waals surface area contributed by atoms with Crippen LogP contribution in [0.1, 0.15) is 34.1 Å². The Kier molecular flexibility index (Phi) is 5.13. The van der Waals surface area contributed by atoms with E-state index in [4.69, 9.17) is 4.42 Å². The first-order valence-electron chi connectivity index (χ1n) is 9.09. The Balaban J connectivity index is 1.68. The van der Waals surface area contributed by atoms with E-state index in [-0.39, 0.29) is 5.76 Å². The molecule has 2 heterocycles. The van der Waals surface area contributed by atoms with Crippen molar-refractivity contribution >= 4 is 27.3 Å². The second kappa shape index (κ2) is 7.75. The summed E-state index contributed by atoms with van der Waals surface area (Å²) in [7, 11) is -3.39. The number of carbonyl (C=O) groups is 1. The van der Waals surface area contributed by atoms with Gasteiger partial charge in [0.15, 0.2) is 5.76 Å². The number of anilines is 1. The number of hydrogen-bond acceptors (Lipinski definition) is 5. The van der Waals surface area contributed by atoms with E-state index in [0.29, 0.717) is 28.9 Å². The number of halogens is 1. The lowest BCUT2D eigenvalue weighted by molar-refractivity contribution is 0.0676. The van der Waals surface area contributed by atoms with Crippen molar-refractivity contribution in [1.82, 2.24) is 5.01 Å². The first-order valence-corrected chi connectivity index (χ1v) is 11.0. The third-order valence-corrected chi connectivity index (χ3v) is 5.24. The molecule has 0 spiro atoms. The van der Waals surface area contributed by atoms with E-state index < -0.39 is 27.8 Å². The lowest BCUT2D eigenvalue weighted by Crippen LogP contribution is -2.27. The number of benzene rings is 2. The summed E-state index contributed by atoms with van der Waals surface area (Å²) in [5.41, 5.74) is 2.04. The minimum Gasteiger partial charge on any atom is -0.459 e. The van der Waals surface area contributed by atoms with Crippen molar-refractivity contribution in [3.63, 3.8) is 0 Å². The molecule has 1 aliphatic heterocycles. The molecule has 0 saturated carbocycles. The van der Waals surface area contributed by atoms with E-state index in [0.717, 1.165) is 6.26 Å². The van der Waals surface area contributed by atoms with E-state index in [1.807, 2.05) is 0 Å². The first kappa shape index (κ1) is 19.8. The summed E-state index contributed by atoms with van der Waals surface area (Å²) in [6, 6.07) is 15.4. The number of nitrogens with one attached hydrogen (secondary N) is 1. The second-order valence-electron chi connectivity index (χ2n) is 6.87. The standard InChI is InChI=1S/C21H18FN3O4S/c1-30(27,28)24-15-10-8-14(9-11-15)18-13-19(16-5-2-3-6-17(16)22)25(23-18)21(26)20-7-4-12-29-20/h2-12,19,24H,13H2,1H3. The quantitative estimate of drug-likeness (QED) is 0.671. The van der Waals surface area contributed by atoms with Gasteiger partial charge in [-0.1, -0.05) is 30.3 Å². The highest BCUT2D eigenvalue weighted by molar-refractivity contribution is 7.92. The molecule has 0 aliphatic carbocycles. The Morgan fingerprint density at radius 3 is 2.50 bits per heavy atom. The monoisotopic (exact) mass is 427 g/mol. The van der Waals surface area contributed by atoms with Gasteiger partial charge < -0.3 is 4.42 Å². The van der Waals surface area contributed by atoms with Crippen molar-refractivity contribution in [1.29, 1.82) is 0 Å². The average molecular weight is 427 g/mol. The first-order chi connectivity index (χ1) is 14.3. The Bertz CT molecular complexity index is 1210. The SMILES string of the molecule is CS(=O)(=O)Nc1ccc(C2=NN(C(=O)c3ccco3)C(c3ccccc3F)C2)cc1. The van der Waals surface area contributed by atoms with Gasteiger partial charge in [0.25, 0.3) is 0 Å². The highest BCUT2D eigenvalue weighted by Gasteiger charge is 2.36. The molecule has 9 heteroatoms. The zero-order valence-corrected chi connectivity index (χ0v) is 16.8. The molecule has 0 bridgehead atoms. The molecule has 0 saturated heterocycles. The van der Waals surface area contributed by atoms with Crippen LogP contribution < -0.4 is 4.72 Å². The molecular formula is C21H18FN3O4S. The van der Waals surface area contributed by atoms with Gasteiger partial charge in [0.05, 0.1) is 24.3 Å². The Labute approximate surface area is 172 Å². The van der Waals surface area contributed by atoms with Gasteiger partial charge in [-0.2, -0.15) is 5.10 Å². The summed E-state index contributed by atoms with van der Waals surface area (Å²) in [6.07, 6.45) is 2.75. The predicted octanol–water partition coefficient (Wildman–Crippen LogP) is 3.78. The normalized spacial score (nSPS) is 16.4. The van der Waals surface area contributed by atoms with E-state index >= 15 is 0 Å². The van der Waals surface area contributed by atoms with Crippen molar-refractivity contribution in [3.05, 3.63) is 89.6 Å². The van der Waals surface area contributed by atoms with Gasteiger partial charge in [0.1, 0.15) is 5.82 Å². The third-order valence-electron chi connectivity index (χ3n) is 4.64. The minimum absolute atomic E-state index is 0.106. The number of amides is 1. The molecular weight excluding hydrogens is 409 g/mol. The van der Waals surface area contributed by atoms with Crippen LogP contribution in [0, 0.1) is 5.82 Å². The van der Waals surface area contributed by atoms with Crippen LogP contribution in [0.4, 0.5) is 10.1 Å². The van der Waals surface area contributed by atoms with E-state index in [9.17, 15) is 17.6 Å². The van der Waals surface area contributed by atoms with Gasteiger partial charge in [-0.15, -0.1) is 0 Å².